The maximum atomic E-state index is 12.2. The standard InChI is InChI=1S/C25H24O4/c1-25(2,3)29-24(27)20-14-12-19(13-15-20)21-10-7-11-23(22(21)16-26)28-17-18-8-5-4-6-9-18/h4-16H,17H2,1-3H3. The van der Waals surface area contributed by atoms with Crippen LogP contribution in [0, 0.1) is 0 Å². The van der Waals surface area contributed by atoms with Crippen molar-refractivity contribution in [1.82, 2.24) is 0 Å². The molecule has 29 heavy (non-hydrogen) atoms. The van der Waals surface area contributed by atoms with E-state index in [4.69, 9.17) is 9.47 Å². The highest BCUT2D eigenvalue weighted by Gasteiger charge is 2.18. The molecule has 0 atom stereocenters. The molecule has 0 aromatic heterocycles. The van der Waals surface area contributed by atoms with Crippen LogP contribution in [0.3, 0.4) is 0 Å². The SMILES string of the molecule is CC(C)(C)OC(=O)c1ccc(-c2cccc(OCc3ccccc3)c2C=O)cc1. The molecule has 0 bridgehead atoms. The first-order chi connectivity index (χ1) is 13.9. The second-order valence-electron chi connectivity index (χ2n) is 7.69. The highest BCUT2D eigenvalue weighted by Crippen LogP contribution is 2.30. The second kappa shape index (κ2) is 8.74. The van der Waals surface area contributed by atoms with E-state index in [9.17, 15) is 9.59 Å². The van der Waals surface area contributed by atoms with E-state index in [-0.39, 0.29) is 5.97 Å². The molecule has 0 radical (unpaired) electrons. The number of rotatable bonds is 6. The van der Waals surface area contributed by atoms with Crippen molar-refractivity contribution in [2.75, 3.05) is 0 Å². The van der Waals surface area contributed by atoms with Crippen molar-refractivity contribution in [1.29, 1.82) is 0 Å². The predicted octanol–water partition coefficient (Wildman–Crippen LogP) is 5.70. The number of esters is 1. The Balaban J connectivity index is 1.83. The number of hydrogen-bond acceptors (Lipinski definition) is 4. The van der Waals surface area contributed by atoms with E-state index in [0.29, 0.717) is 23.5 Å². The van der Waals surface area contributed by atoms with Gasteiger partial charge in [0.05, 0.1) is 11.1 Å². The number of carbonyl (C=O) groups is 2. The summed E-state index contributed by atoms with van der Waals surface area (Å²) in [5, 5.41) is 0. The van der Waals surface area contributed by atoms with E-state index in [2.05, 4.69) is 0 Å². The molecule has 4 nitrogen and oxygen atoms in total. The van der Waals surface area contributed by atoms with Crippen molar-refractivity contribution in [3.05, 3.63) is 89.5 Å². The summed E-state index contributed by atoms with van der Waals surface area (Å²) >= 11 is 0. The molecule has 0 fully saturated rings. The average Bonchev–Trinajstić information content (AvgIpc) is 2.71. The zero-order valence-corrected chi connectivity index (χ0v) is 16.8. The van der Waals surface area contributed by atoms with E-state index in [1.165, 1.54) is 0 Å². The van der Waals surface area contributed by atoms with Gasteiger partial charge in [0, 0.05) is 0 Å². The van der Waals surface area contributed by atoms with E-state index >= 15 is 0 Å². The van der Waals surface area contributed by atoms with Crippen molar-refractivity contribution in [2.45, 2.75) is 33.0 Å². The minimum atomic E-state index is -0.551. The van der Waals surface area contributed by atoms with Gasteiger partial charge in [0.1, 0.15) is 18.0 Å². The fourth-order valence-corrected chi connectivity index (χ4v) is 2.90. The molecular weight excluding hydrogens is 364 g/mol. The van der Waals surface area contributed by atoms with Crippen LogP contribution in [0.2, 0.25) is 0 Å². The lowest BCUT2D eigenvalue weighted by atomic mass is 9.98. The minimum Gasteiger partial charge on any atom is -0.488 e. The van der Waals surface area contributed by atoms with E-state index < -0.39 is 5.60 Å². The summed E-state index contributed by atoms with van der Waals surface area (Å²) in [5.74, 6) is 0.150. The van der Waals surface area contributed by atoms with Gasteiger partial charge < -0.3 is 9.47 Å². The van der Waals surface area contributed by atoms with Crippen LogP contribution < -0.4 is 4.74 Å². The summed E-state index contributed by atoms with van der Waals surface area (Å²) in [6, 6.07) is 22.3. The molecule has 3 aromatic rings. The number of benzene rings is 3. The molecule has 148 valence electrons. The minimum absolute atomic E-state index is 0.375. The Labute approximate surface area is 171 Å². The summed E-state index contributed by atoms with van der Waals surface area (Å²) in [5.41, 5.74) is 2.99. The molecule has 0 N–H and O–H groups in total. The summed E-state index contributed by atoms with van der Waals surface area (Å²) < 4.78 is 11.3. The van der Waals surface area contributed by atoms with Gasteiger partial charge in [0.15, 0.2) is 6.29 Å². The van der Waals surface area contributed by atoms with Crippen LogP contribution in [0.5, 0.6) is 5.75 Å². The number of aldehydes is 1. The molecule has 0 aliphatic heterocycles. The Bertz CT molecular complexity index is 984. The Kier molecular flexibility index (Phi) is 6.13. The van der Waals surface area contributed by atoms with Crippen LogP contribution in [-0.4, -0.2) is 17.9 Å². The van der Waals surface area contributed by atoms with E-state index in [0.717, 1.165) is 23.0 Å². The van der Waals surface area contributed by atoms with Crippen LogP contribution in [0.4, 0.5) is 0 Å². The van der Waals surface area contributed by atoms with Crippen LogP contribution in [-0.2, 0) is 11.3 Å². The van der Waals surface area contributed by atoms with E-state index in [1.807, 2.05) is 75.4 Å². The zero-order chi connectivity index (χ0) is 20.9. The molecule has 0 amide bonds. The Morgan fingerprint density at radius 3 is 2.21 bits per heavy atom. The molecule has 3 aromatic carbocycles. The first-order valence-corrected chi connectivity index (χ1v) is 9.46. The van der Waals surface area contributed by atoms with Crippen LogP contribution in [0.25, 0.3) is 11.1 Å². The predicted molar refractivity (Wildman–Crippen MR) is 113 cm³/mol. The maximum Gasteiger partial charge on any atom is 0.338 e. The third kappa shape index (κ3) is 5.32. The second-order valence-corrected chi connectivity index (χ2v) is 7.69. The fraction of sp³-hybridized carbons (Fsp3) is 0.200. The van der Waals surface area contributed by atoms with Crippen molar-refractivity contribution in [2.24, 2.45) is 0 Å². The molecule has 0 unspecified atom stereocenters. The number of carbonyl (C=O) groups excluding carboxylic acids is 2. The first-order valence-electron chi connectivity index (χ1n) is 9.46. The molecule has 0 aliphatic rings. The molecule has 0 saturated heterocycles. The van der Waals surface area contributed by atoms with Gasteiger partial charge in [-0.2, -0.15) is 0 Å². The molecular formula is C25H24O4. The third-order valence-electron chi connectivity index (χ3n) is 4.25. The summed E-state index contributed by atoms with van der Waals surface area (Å²) in [6.07, 6.45) is 0.803. The van der Waals surface area contributed by atoms with Crippen LogP contribution >= 0.6 is 0 Å². The Hall–Kier alpha value is -3.40. The molecule has 3 rings (SSSR count). The van der Waals surface area contributed by atoms with E-state index in [1.54, 1.807) is 18.2 Å². The average molecular weight is 388 g/mol. The maximum absolute atomic E-state index is 12.2. The topological polar surface area (TPSA) is 52.6 Å². The summed E-state index contributed by atoms with van der Waals surface area (Å²) in [6.45, 7) is 5.87. The molecule has 4 heteroatoms. The van der Waals surface area contributed by atoms with Gasteiger partial charge >= 0.3 is 5.97 Å². The molecule has 0 heterocycles. The van der Waals surface area contributed by atoms with Crippen molar-refractivity contribution in [3.63, 3.8) is 0 Å². The molecule has 0 aliphatic carbocycles. The monoisotopic (exact) mass is 388 g/mol. The summed E-state index contributed by atoms with van der Waals surface area (Å²) in [7, 11) is 0. The smallest absolute Gasteiger partial charge is 0.338 e. The highest BCUT2D eigenvalue weighted by atomic mass is 16.6. The summed E-state index contributed by atoms with van der Waals surface area (Å²) in [4.78, 5) is 24.0. The number of ether oxygens (including phenoxy) is 2. The normalized spacial score (nSPS) is 11.0. The van der Waals surface area contributed by atoms with Gasteiger partial charge in [-0.1, -0.05) is 54.6 Å². The zero-order valence-electron chi connectivity index (χ0n) is 16.8. The fourth-order valence-electron chi connectivity index (χ4n) is 2.90. The number of hydrogen-bond donors (Lipinski definition) is 0. The molecule has 0 saturated carbocycles. The van der Waals surface area contributed by atoms with Crippen molar-refractivity contribution >= 4 is 12.3 Å². The lowest BCUT2D eigenvalue weighted by molar-refractivity contribution is 0.00694. The van der Waals surface area contributed by atoms with Gasteiger partial charge in [0.2, 0.25) is 0 Å². The van der Waals surface area contributed by atoms with Crippen LogP contribution in [0.15, 0.2) is 72.8 Å². The largest absolute Gasteiger partial charge is 0.488 e. The van der Waals surface area contributed by atoms with Crippen molar-refractivity contribution < 1.29 is 19.1 Å². The van der Waals surface area contributed by atoms with Gasteiger partial charge in [-0.3, -0.25) is 4.79 Å². The lowest BCUT2D eigenvalue weighted by Gasteiger charge is -2.19. The third-order valence-corrected chi connectivity index (χ3v) is 4.25. The van der Waals surface area contributed by atoms with Gasteiger partial charge in [-0.05, 0) is 55.7 Å². The Morgan fingerprint density at radius 2 is 1.59 bits per heavy atom. The van der Waals surface area contributed by atoms with Crippen molar-refractivity contribution in [3.8, 4) is 16.9 Å². The van der Waals surface area contributed by atoms with Crippen LogP contribution in [0.1, 0.15) is 47.1 Å². The Morgan fingerprint density at radius 1 is 0.897 bits per heavy atom. The van der Waals surface area contributed by atoms with Gasteiger partial charge in [0.25, 0.3) is 0 Å². The molecule has 0 spiro atoms. The lowest BCUT2D eigenvalue weighted by Crippen LogP contribution is -2.23. The highest BCUT2D eigenvalue weighted by molar-refractivity contribution is 5.93. The van der Waals surface area contributed by atoms with Gasteiger partial charge in [-0.15, -0.1) is 0 Å². The quantitative estimate of drug-likeness (QED) is 0.401. The van der Waals surface area contributed by atoms with Gasteiger partial charge in [-0.25, -0.2) is 4.79 Å². The first kappa shape index (κ1) is 20.3.